The Morgan fingerprint density at radius 3 is 2.25 bits per heavy atom. The molecule has 1 aliphatic heterocycles. The summed E-state index contributed by atoms with van der Waals surface area (Å²) in [5.41, 5.74) is 4.87. The van der Waals surface area contributed by atoms with Gasteiger partial charge in [0, 0.05) is 25.5 Å². The van der Waals surface area contributed by atoms with Crippen LogP contribution in [0.15, 0.2) is 29.3 Å². The van der Waals surface area contributed by atoms with Crippen molar-refractivity contribution in [1.82, 2.24) is 8.87 Å². The monoisotopic (exact) mass is 346 g/mol. The minimum atomic E-state index is -3.52. The maximum absolute atomic E-state index is 13.5. The van der Waals surface area contributed by atoms with Gasteiger partial charge in [0.1, 0.15) is 0 Å². The molecule has 1 aromatic carbocycles. The number of benzene rings is 1. The molecule has 1 unspecified atom stereocenters. The van der Waals surface area contributed by atoms with E-state index in [1.807, 2.05) is 57.6 Å². The first-order chi connectivity index (χ1) is 11.2. The van der Waals surface area contributed by atoms with Gasteiger partial charge in [0.25, 0.3) is 0 Å². The van der Waals surface area contributed by atoms with Gasteiger partial charge < -0.3 is 4.57 Å². The molecule has 2 heterocycles. The molecule has 0 radical (unpaired) electrons. The van der Waals surface area contributed by atoms with Gasteiger partial charge in [-0.25, -0.2) is 8.42 Å². The molecule has 1 aliphatic rings. The van der Waals surface area contributed by atoms with Gasteiger partial charge in [-0.3, -0.25) is 0 Å². The quantitative estimate of drug-likeness (QED) is 0.849. The van der Waals surface area contributed by atoms with Crippen molar-refractivity contribution in [3.8, 4) is 0 Å². The average Bonchev–Trinajstić information content (AvgIpc) is 3.13. The second-order valence-electron chi connectivity index (χ2n) is 6.91. The van der Waals surface area contributed by atoms with E-state index >= 15 is 0 Å². The van der Waals surface area contributed by atoms with Gasteiger partial charge >= 0.3 is 0 Å². The van der Waals surface area contributed by atoms with Gasteiger partial charge in [0.2, 0.25) is 10.0 Å². The predicted octanol–water partition coefficient (Wildman–Crippen LogP) is 3.78. The largest absolute Gasteiger partial charge is 0.353 e. The van der Waals surface area contributed by atoms with E-state index < -0.39 is 10.0 Å². The van der Waals surface area contributed by atoms with Crippen LogP contribution >= 0.6 is 0 Å². The number of sulfonamides is 1. The summed E-state index contributed by atoms with van der Waals surface area (Å²) < 4.78 is 30.8. The van der Waals surface area contributed by atoms with Crippen LogP contribution in [0.3, 0.4) is 0 Å². The Kier molecular flexibility index (Phi) is 4.34. The van der Waals surface area contributed by atoms with Crippen LogP contribution in [0.25, 0.3) is 0 Å². The maximum atomic E-state index is 13.5. The molecule has 0 saturated carbocycles. The summed E-state index contributed by atoms with van der Waals surface area (Å²) in [7, 11) is -1.54. The fourth-order valence-electron chi connectivity index (χ4n) is 3.83. The van der Waals surface area contributed by atoms with Crippen LogP contribution in [0.2, 0.25) is 0 Å². The molecule has 0 bridgehead atoms. The van der Waals surface area contributed by atoms with Crippen molar-refractivity contribution in [1.29, 1.82) is 0 Å². The number of aryl methyl sites for hydroxylation is 3. The lowest BCUT2D eigenvalue weighted by molar-refractivity contribution is 0.384. The smallest absolute Gasteiger partial charge is 0.244 e. The van der Waals surface area contributed by atoms with Crippen LogP contribution in [0.4, 0.5) is 0 Å². The normalized spacial score (nSPS) is 19.1. The Morgan fingerprint density at radius 1 is 1.08 bits per heavy atom. The molecular formula is C19H26N2O2S. The Balaban J connectivity index is 2.13. The predicted molar refractivity (Wildman–Crippen MR) is 96.7 cm³/mol. The van der Waals surface area contributed by atoms with Crippen LogP contribution in [0.5, 0.6) is 0 Å². The van der Waals surface area contributed by atoms with Crippen LogP contribution in [0.1, 0.15) is 46.8 Å². The first-order valence-corrected chi connectivity index (χ1v) is 9.89. The second kappa shape index (κ2) is 6.05. The summed E-state index contributed by atoms with van der Waals surface area (Å²) in [4.78, 5) is 0.501. The third-order valence-electron chi connectivity index (χ3n) is 5.39. The molecule has 0 spiro atoms. The van der Waals surface area contributed by atoms with E-state index in [2.05, 4.69) is 6.07 Å². The molecule has 24 heavy (non-hydrogen) atoms. The highest BCUT2D eigenvalue weighted by atomic mass is 32.2. The van der Waals surface area contributed by atoms with Crippen LogP contribution in [-0.4, -0.2) is 23.8 Å². The molecule has 0 N–H and O–H groups in total. The average molecular weight is 346 g/mol. The fourth-order valence-corrected chi connectivity index (χ4v) is 6.08. The summed E-state index contributed by atoms with van der Waals surface area (Å²) in [6.07, 6.45) is 3.75. The zero-order valence-corrected chi connectivity index (χ0v) is 15.9. The third kappa shape index (κ3) is 2.60. The molecule has 5 heteroatoms. The highest BCUT2D eigenvalue weighted by Gasteiger charge is 2.38. The van der Waals surface area contributed by atoms with Crippen LogP contribution in [0, 0.1) is 27.7 Å². The van der Waals surface area contributed by atoms with Gasteiger partial charge in [0.05, 0.1) is 10.9 Å². The first-order valence-electron chi connectivity index (χ1n) is 8.45. The van der Waals surface area contributed by atoms with E-state index in [1.165, 1.54) is 0 Å². The molecule has 3 rings (SSSR count). The summed E-state index contributed by atoms with van der Waals surface area (Å²) in [6.45, 7) is 8.40. The van der Waals surface area contributed by atoms with Crippen molar-refractivity contribution >= 4 is 10.0 Å². The number of nitrogens with zero attached hydrogens (tertiary/aromatic N) is 2. The fraction of sp³-hybridized carbons (Fsp3) is 0.474. The van der Waals surface area contributed by atoms with Gasteiger partial charge in [0.15, 0.2) is 0 Å². The van der Waals surface area contributed by atoms with E-state index in [0.29, 0.717) is 11.4 Å². The van der Waals surface area contributed by atoms with Crippen molar-refractivity contribution in [3.05, 3.63) is 52.3 Å². The third-order valence-corrected chi connectivity index (χ3v) is 7.58. The first kappa shape index (κ1) is 17.2. The lowest BCUT2D eigenvalue weighted by Crippen LogP contribution is -2.32. The van der Waals surface area contributed by atoms with Crippen molar-refractivity contribution in [2.24, 2.45) is 7.05 Å². The highest BCUT2D eigenvalue weighted by molar-refractivity contribution is 7.89. The summed E-state index contributed by atoms with van der Waals surface area (Å²) in [6, 6.07) is 6.00. The molecule has 0 aliphatic carbocycles. The minimum Gasteiger partial charge on any atom is -0.353 e. The Labute approximate surface area is 145 Å². The van der Waals surface area contributed by atoms with E-state index in [-0.39, 0.29) is 6.04 Å². The van der Waals surface area contributed by atoms with Gasteiger partial charge in [-0.05, 0) is 74.9 Å². The summed E-state index contributed by atoms with van der Waals surface area (Å²) in [5, 5.41) is 0. The van der Waals surface area contributed by atoms with E-state index in [9.17, 15) is 8.42 Å². The van der Waals surface area contributed by atoms with Crippen molar-refractivity contribution in [3.63, 3.8) is 0 Å². The van der Waals surface area contributed by atoms with Crippen LogP contribution < -0.4 is 0 Å². The second-order valence-corrected chi connectivity index (χ2v) is 8.73. The number of hydrogen-bond acceptors (Lipinski definition) is 2. The Hall–Kier alpha value is -1.59. The van der Waals surface area contributed by atoms with Gasteiger partial charge in [-0.15, -0.1) is 0 Å². The number of aromatic nitrogens is 1. The molecular weight excluding hydrogens is 320 g/mol. The summed E-state index contributed by atoms with van der Waals surface area (Å²) >= 11 is 0. The standard InChI is InChI=1S/C19H26N2O2S/c1-13-12-14(2)16(4)19(15(13)3)24(22,23)21-11-7-9-18(21)17-8-6-10-20(17)5/h6,8,10,12,18H,7,9,11H2,1-5H3. The topological polar surface area (TPSA) is 42.3 Å². The van der Waals surface area contributed by atoms with E-state index in [4.69, 9.17) is 0 Å². The van der Waals surface area contributed by atoms with E-state index in [1.54, 1.807) is 4.31 Å². The molecule has 2 aromatic rings. The molecule has 1 aromatic heterocycles. The van der Waals surface area contributed by atoms with Gasteiger partial charge in [-0.2, -0.15) is 4.31 Å². The SMILES string of the molecule is Cc1cc(C)c(C)c(S(=O)(=O)N2CCCC2c2cccn2C)c1C. The molecule has 130 valence electrons. The molecule has 1 atom stereocenters. The molecule has 1 saturated heterocycles. The summed E-state index contributed by atoms with van der Waals surface area (Å²) in [5.74, 6) is 0. The lowest BCUT2D eigenvalue weighted by atomic mass is 10.0. The highest BCUT2D eigenvalue weighted by Crippen LogP contribution is 2.39. The van der Waals surface area contributed by atoms with Crippen molar-refractivity contribution in [2.75, 3.05) is 6.54 Å². The molecule has 4 nitrogen and oxygen atoms in total. The number of hydrogen-bond donors (Lipinski definition) is 0. The lowest BCUT2D eigenvalue weighted by Gasteiger charge is -2.27. The van der Waals surface area contributed by atoms with Crippen molar-refractivity contribution < 1.29 is 8.42 Å². The zero-order valence-electron chi connectivity index (χ0n) is 15.1. The van der Waals surface area contributed by atoms with Crippen molar-refractivity contribution in [2.45, 2.75) is 51.5 Å². The van der Waals surface area contributed by atoms with E-state index in [0.717, 1.165) is 40.8 Å². The number of rotatable bonds is 3. The minimum absolute atomic E-state index is 0.0744. The van der Waals surface area contributed by atoms with Crippen LogP contribution in [-0.2, 0) is 17.1 Å². The maximum Gasteiger partial charge on any atom is 0.244 e. The molecule has 0 amide bonds. The van der Waals surface area contributed by atoms with Gasteiger partial charge in [-0.1, -0.05) is 6.07 Å². The Morgan fingerprint density at radius 2 is 1.71 bits per heavy atom. The molecule has 1 fully saturated rings. The Bertz CT molecular complexity index is 855. The zero-order chi connectivity index (χ0) is 17.6.